The second-order valence-electron chi connectivity index (χ2n) is 6.65. The molecule has 7 nitrogen and oxygen atoms in total. The Bertz CT molecular complexity index is 1010. The summed E-state index contributed by atoms with van der Waals surface area (Å²) in [6.45, 7) is 2.39. The van der Waals surface area contributed by atoms with E-state index in [9.17, 15) is 9.18 Å². The van der Waals surface area contributed by atoms with Crippen LogP contribution in [0.25, 0.3) is 22.2 Å². The lowest BCUT2D eigenvalue weighted by molar-refractivity contribution is -0.120. The molecule has 0 atom stereocenters. The van der Waals surface area contributed by atoms with Crippen molar-refractivity contribution in [3.8, 4) is 11.1 Å². The van der Waals surface area contributed by atoms with Crippen molar-refractivity contribution in [2.45, 2.75) is 19.4 Å². The quantitative estimate of drug-likeness (QED) is 0.757. The zero-order valence-corrected chi connectivity index (χ0v) is 14.1. The third-order valence-electron chi connectivity index (χ3n) is 4.97. The van der Waals surface area contributed by atoms with Crippen molar-refractivity contribution in [3.63, 3.8) is 0 Å². The summed E-state index contributed by atoms with van der Waals surface area (Å²) in [6.07, 6.45) is 5.24. The van der Waals surface area contributed by atoms with Gasteiger partial charge in [-0.05, 0) is 12.5 Å². The van der Waals surface area contributed by atoms with Crippen molar-refractivity contribution in [3.05, 3.63) is 36.2 Å². The fourth-order valence-corrected chi connectivity index (χ4v) is 3.69. The first kappa shape index (κ1) is 15.2. The molecule has 5 rings (SSSR count). The molecule has 1 N–H and O–H groups in total. The zero-order chi connectivity index (χ0) is 17.7. The third-order valence-corrected chi connectivity index (χ3v) is 4.97. The largest absolute Gasteiger partial charge is 0.353 e. The molecule has 1 aromatic carbocycles. The number of hydrogen-bond acceptors (Lipinski definition) is 5. The molecule has 1 fully saturated rings. The summed E-state index contributed by atoms with van der Waals surface area (Å²) in [5, 5.41) is 2.77. The van der Waals surface area contributed by atoms with E-state index in [1.54, 1.807) is 12.4 Å². The van der Waals surface area contributed by atoms with Crippen LogP contribution in [-0.2, 0) is 17.8 Å². The van der Waals surface area contributed by atoms with Gasteiger partial charge in [0.2, 0.25) is 11.9 Å². The number of amides is 1. The van der Waals surface area contributed by atoms with E-state index in [-0.39, 0.29) is 18.3 Å². The Kier molecular flexibility index (Phi) is 3.37. The molecule has 1 saturated heterocycles. The summed E-state index contributed by atoms with van der Waals surface area (Å²) in [5.41, 5.74) is 2.72. The topological polar surface area (TPSA) is 75.9 Å². The molecule has 26 heavy (non-hydrogen) atoms. The molecule has 132 valence electrons. The van der Waals surface area contributed by atoms with Crippen LogP contribution in [0, 0.1) is 5.82 Å². The van der Waals surface area contributed by atoms with E-state index in [1.165, 1.54) is 6.07 Å². The fourth-order valence-electron chi connectivity index (χ4n) is 3.69. The molecule has 2 aromatic heterocycles. The highest BCUT2D eigenvalue weighted by Crippen LogP contribution is 2.30. The molecule has 1 amide bonds. The van der Waals surface area contributed by atoms with Gasteiger partial charge in [-0.3, -0.25) is 4.79 Å². The number of anilines is 1. The van der Waals surface area contributed by atoms with E-state index < -0.39 is 0 Å². The number of imidazole rings is 1. The summed E-state index contributed by atoms with van der Waals surface area (Å²) in [5.74, 6) is 1.12. The summed E-state index contributed by atoms with van der Waals surface area (Å²) in [6, 6.07) is 3.32. The predicted octanol–water partition coefficient (Wildman–Crippen LogP) is 1.51. The Morgan fingerprint density at radius 1 is 1.15 bits per heavy atom. The van der Waals surface area contributed by atoms with E-state index in [2.05, 4.69) is 24.8 Å². The Labute approximate surface area is 148 Å². The lowest BCUT2D eigenvalue weighted by Gasteiger charge is -2.26. The highest BCUT2D eigenvalue weighted by molar-refractivity contribution is 5.83. The SMILES string of the molecule is O=C1CN(c2ncc(-c3cc4c(cc3F)nc3n4CCC3)cn2)CCN1. The Balaban J connectivity index is 1.51. The molecule has 3 aromatic rings. The average molecular weight is 352 g/mol. The number of halogens is 1. The molecule has 0 saturated carbocycles. The van der Waals surface area contributed by atoms with Gasteiger partial charge < -0.3 is 14.8 Å². The van der Waals surface area contributed by atoms with Crippen LogP contribution >= 0.6 is 0 Å². The monoisotopic (exact) mass is 352 g/mol. The van der Waals surface area contributed by atoms with E-state index >= 15 is 0 Å². The molecule has 8 heteroatoms. The average Bonchev–Trinajstić information content (AvgIpc) is 3.22. The van der Waals surface area contributed by atoms with Crippen LogP contribution in [0.2, 0.25) is 0 Å². The number of carbonyl (C=O) groups excluding carboxylic acids is 1. The van der Waals surface area contributed by atoms with E-state index in [0.29, 0.717) is 35.7 Å². The minimum absolute atomic E-state index is 0.0463. The maximum atomic E-state index is 14.6. The van der Waals surface area contributed by atoms with E-state index in [0.717, 1.165) is 30.7 Å². The molecule has 4 heterocycles. The van der Waals surface area contributed by atoms with Crippen LogP contribution in [0.1, 0.15) is 12.2 Å². The second-order valence-corrected chi connectivity index (χ2v) is 6.65. The molecular weight excluding hydrogens is 335 g/mol. The first-order valence-corrected chi connectivity index (χ1v) is 8.72. The Morgan fingerprint density at radius 2 is 2.00 bits per heavy atom. The maximum absolute atomic E-state index is 14.6. The number of aromatic nitrogens is 4. The predicted molar refractivity (Wildman–Crippen MR) is 94.3 cm³/mol. The number of rotatable bonds is 2. The summed E-state index contributed by atoms with van der Waals surface area (Å²) in [7, 11) is 0. The number of carbonyl (C=O) groups is 1. The minimum Gasteiger partial charge on any atom is -0.353 e. The minimum atomic E-state index is -0.331. The smallest absolute Gasteiger partial charge is 0.239 e. The number of hydrogen-bond donors (Lipinski definition) is 1. The Hall–Kier alpha value is -3.03. The van der Waals surface area contributed by atoms with Gasteiger partial charge in [0.1, 0.15) is 11.6 Å². The first-order valence-electron chi connectivity index (χ1n) is 8.72. The third kappa shape index (κ3) is 2.40. The number of nitrogens with one attached hydrogen (secondary N) is 1. The lowest BCUT2D eigenvalue weighted by atomic mass is 10.1. The normalized spacial score (nSPS) is 16.8. The zero-order valence-electron chi connectivity index (χ0n) is 14.1. The van der Waals surface area contributed by atoms with Gasteiger partial charge in [-0.25, -0.2) is 19.3 Å². The van der Waals surface area contributed by atoms with Crippen molar-refractivity contribution >= 4 is 22.9 Å². The van der Waals surface area contributed by atoms with Crippen LogP contribution in [0.15, 0.2) is 24.5 Å². The standard InChI is InChI=1S/C18H17FN6O/c19-13-7-14-15(25-4-1-2-16(25)23-14)6-12(13)11-8-21-18(22-9-11)24-5-3-20-17(26)10-24/h6-9H,1-5,10H2,(H,20,26). The van der Waals surface area contributed by atoms with Gasteiger partial charge in [0.15, 0.2) is 0 Å². The molecule has 0 radical (unpaired) electrons. The highest BCUT2D eigenvalue weighted by Gasteiger charge is 2.20. The van der Waals surface area contributed by atoms with Gasteiger partial charge in [0.25, 0.3) is 0 Å². The van der Waals surface area contributed by atoms with Crippen molar-refractivity contribution < 1.29 is 9.18 Å². The van der Waals surface area contributed by atoms with Gasteiger partial charge in [0, 0.05) is 55.6 Å². The van der Waals surface area contributed by atoms with Gasteiger partial charge in [-0.15, -0.1) is 0 Å². The van der Waals surface area contributed by atoms with Crippen molar-refractivity contribution in [2.24, 2.45) is 0 Å². The Morgan fingerprint density at radius 3 is 2.81 bits per heavy atom. The molecule has 2 aliphatic heterocycles. The second kappa shape index (κ2) is 5.76. The van der Waals surface area contributed by atoms with E-state index in [4.69, 9.17) is 0 Å². The van der Waals surface area contributed by atoms with Gasteiger partial charge in [-0.1, -0.05) is 0 Å². The number of fused-ring (bicyclic) bond motifs is 3. The number of benzene rings is 1. The lowest BCUT2D eigenvalue weighted by Crippen LogP contribution is -2.48. The van der Waals surface area contributed by atoms with Crippen LogP contribution < -0.4 is 10.2 Å². The van der Waals surface area contributed by atoms with Crippen LogP contribution in [0.3, 0.4) is 0 Å². The number of nitrogens with zero attached hydrogens (tertiary/aromatic N) is 5. The molecular formula is C18H17FN6O. The van der Waals surface area contributed by atoms with Gasteiger partial charge in [-0.2, -0.15) is 0 Å². The highest BCUT2D eigenvalue weighted by atomic mass is 19.1. The van der Waals surface area contributed by atoms with Gasteiger partial charge in [0.05, 0.1) is 17.6 Å². The summed E-state index contributed by atoms with van der Waals surface area (Å²) >= 11 is 0. The molecule has 2 aliphatic rings. The molecule has 0 aliphatic carbocycles. The van der Waals surface area contributed by atoms with Crippen LogP contribution in [0.5, 0.6) is 0 Å². The summed E-state index contributed by atoms with van der Waals surface area (Å²) in [4.78, 5) is 26.5. The molecule has 0 unspecified atom stereocenters. The number of aryl methyl sites for hydroxylation is 2. The van der Waals surface area contributed by atoms with Gasteiger partial charge >= 0.3 is 0 Å². The van der Waals surface area contributed by atoms with E-state index in [1.807, 2.05) is 11.0 Å². The van der Waals surface area contributed by atoms with Crippen LogP contribution in [0.4, 0.5) is 10.3 Å². The fraction of sp³-hybridized carbons (Fsp3) is 0.333. The maximum Gasteiger partial charge on any atom is 0.239 e. The summed E-state index contributed by atoms with van der Waals surface area (Å²) < 4.78 is 16.8. The van der Waals surface area contributed by atoms with Crippen molar-refractivity contribution in [2.75, 3.05) is 24.5 Å². The molecule has 0 bridgehead atoms. The van der Waals surface area contributed by atoms with Crippen molar-refractivity contribution in [1.82, 2.24) is 24.8 Å². The first-order chi connectivity index (χ1) is 12.7. The van der Waals surface area contributed by atoms with Crippen molar-refractivity contribution in [1.29, 1.82) is 0 Å². The molecule has 0 spiro atoms. The number of piperazine rings is 1. The van der Waals surface area contributed by atoms with Crippen LogP contribution in [-0.4, -0.2) is 45.1 Å².